The summed E-state index contributed by atoms with van der Waals surface area (Å²) < 4.78 is 41.0. The van der Waals surface area contributed by atoms with Crippen LogP contribution in [-0.2, 0) is 4.79 Å². The van der Waals surface area contributed by atoms with Gasteiger partial charge in [0, 0.05) is 0 Å². The van der Waals surface area contributed by atoms with E-state index < -0.39 is 18.1 Å². The average molecular weight is 247 g/mol. The van der Waals surface area contributed by atoms with Crippen molar-refractivity contribution in [2.75, 3.05) is 7.11 Å². The number of carbonyl (C=O) groups excluding carboxylic acids is 1. The fourth-order valence-electron chi connectivity index (χ4n) is 1.25. The number of halogens is 3. The van der Waals surface area contributed by atoms with Gasteiger partial charge in [-0.25, -0.2) is 0 Å². The monoisotopic (exact) mass is 247 g/mol. The Balaban J connectivity index is 2.70. The summed E-state index contributed by atoms with van der Waals surface area (Å²) in [4.78, 5) is 10.7. The zero-order valence-corrected chi connectivity index (χ0v) is 9.34. The first-order valence-electron chi connectivity index (χ1n) is 4.86. The zero-order chi connectivity index (χ0) is 13.1. The van der Waals surface area contributed by atoms with E-state index in [1.54, 1.807) is 24.3 Å². The molecule has 1 atom stereocenters. The highest BCUT2D eigenvalue weighted by molar-refractivity contribution is 5.82. The lowest BCUT2D eigenvalue weighted by Crippen LogP contribution is -2.38. The molecule has 0 aromatic heterocycles. The highest BCUT2D eigenvalue weighted by Crippen LogP contribution is 2.20. The van der Waals surface area contributed by atoms with E-state index in [0.29, 0.717) is 11.3 Å². The minimum Gasteiger partial charge on any atom is -0.497 e. The number of benzene rings is 1. The lowest BCUT2D eigenvalue weighted by molar-refractivity contribution is -0.174. The van der Waals surface area contributed by atoms with Crippen LogP contribution in [0.4, 0.5) is 13.2 Å². The highest BCUT2D eigenvalue weighted by Gasteiger charge is 2.39. The molecule has 0 radical (unpaired) electrons. The van der Waals surface area contributed by atoms with Crippen LogP contribution in [0.3, 0.4) is 0 Å². The van der Waals surface area contributed by atoms with Crippen molar-refractivity contribution in [1.82, 2.24) is 5.32 Å². The number of methoxy groups -OCH3 is 1. The molecule has 0 saturated heterocycles. The van der Waals surface area contributed by atoms with Crippen molar-refractivity contribution in [3.8, 4) is 5.75 Å². The highest BCUT2D eigenvalue weighted by atomic mass is 19.4. The first-order chi connectivity index (χ1) is 7.84. The van der Waals surface area contributed by atoms with Gasteiger partial charge in [0.1, 0.15) is 5.75 Å². The molecule has 0 aliphatic rings. The Bertz CT molecular complexity index is 387. The van der Waals surface area contributed by atoms with Crippen LogP contribution in [0.15, 0.2) is 24.3 Å². The van der Waals surface area contributed by atoms with Crippen molar-refractivity contribution in [2.45, 2.75) is 19.1 Å². The number of amides is 1. The molecule has 0 fully saturated rings. The van der Waals surface area contributed by atoms with Crippen molar-refractivity contribution in [2.24, 2.45) is 0 Å². The summed E-state index contributed by atoms with van der Waals surface area (Å²) in [6, 6.07) is 5.72. The molecule has 1 aromatic rings. The Hall–Kier alpha value is -1.72. The van der Waals surface area contributed by atoms with E-state index in [0.717, 1.165) is 0 Å². The van der Waals surface area contributed by atoms with Crippen LogP contribution in [-0.4, -0.2) is 19.2 Å². The molecule has 1 N–H and O–H groups in total. The van der Waals surface area contributed by atoms with Gasteiger partial charge < -0.3 is 10.1 Å². The summed E-state index contributed by atoms with van der Waals surface area (Å²) in [6.07, 6.45) is -4.86. The molecule has 0 spiro atoms. The van der Waals surface area contributed by atoms with Gasteiger partial charge in [0.25, 0.3) is 0 Å². The predicted octanol–water partition coefficient (Wildman–Crippen LogP) is 2.43. The minimum absolute atomic E-state index is 0.573. The van der Waals surface area contributed by atoms with Crippen LogP contribution < -0.4 is 10.1 Å². The van der Waals surface area contributed by atoms with Crippen LogP contribution in [0.2, 0.25) is 0 Å². The molecule has 0 bridgehead atoms. The molecular weight excluding hydrogens is 235 g/mol. The van der Waals surface area contributed by atoms with E-state index in [1.807, 2.05) is 5.32 Å². The van der Waals surface area contributed by atoms with Crippen molar-refractivity contribution >= 4 is 5.91 Å². The van der Waals surface area contributed by atoms with Crippen LogP contribution in [0.25, 0.3) is 0 Å². The Kier molecular flexibility index (Phi) is 3.98. The first-order valence-corrected chi connectivity index (χ1v) is 4.86. The van der Waals surface area contributed by atoms with Crippen molar-refractivity contribution in [3.05, 3.63) is 29.8 Å². The number of hydrogen-bond acceptors (Lipinski definition) is 2. The quantitative estimate of drug-likeness (QED) is 0.890. The van der Waals surface area contributed by atoms with E-state index in [4.69, 9.17) is 4.74 Å². The molecule has 94 valence electrons. The summed E-state index contributed by atoms with van der Waals surface area (Å²) in [5, 5.41) is 1.87. The molecule has 0 saturated carbocycles. The largest absolute Gasteiger partial charge is 0.497 e. The molecule has 1 amide bonds. The van der Waals surface area contributed by atoms with Gasteiger partial charge in [-0.05, 0) is 24.6 Å². The van der Waals surface area contributed by atoms with Crippen molar-refractivity contribution < 1.29 is 22.7 Å². The summed E-state index contributed by atoms with van der Waals surface area (Å²) in [7, 11) is 1.49. The Labute approximate surface area is 96.6 Å². The van der Waals surface area contributed by atoms with Crippen LogP contribution in [0.5, 0.6) is 5.75 Å². The van der Waals surface area contributed by atoms with Gasteiger partial charge in [-0.2, -0.15) is 13.2 Å². The summed E-state index contributed by atoms with van der Waals surface area (Å²) in [6.45, 7) is 1.48. The Morgan fingerprint density at radius 1 is 1.29 bits per heavy atom. The van der Waals surface area contributed by atoms with E-state index in [9.17, 15) is 18.0 Å². The third-order valence-corrected chi connectivity index (χ3v) is 2.22. The number of alkyl halides is 3. The van der Waals surface area contributed by atoms with Gasteiger partial charge in [0.2, 0.25) is 0 Å². The molecule has 17 heavy (non-hydrogen) atoms. The molecule has 0 aliphatic heterocycles. The SMILES string of the molecule is COc1ccc([C@H](C)NC(=O)C(F)(F)F)cc1. The summed E-state index contributed by atoms with van der Waals surface area (Å²) >= 11 is 0. The molecule has 1 aromatic carbocycles. The zero-order valence-electron chi connectivity index (χ0n) is 9.34. The van der Waals surface area contributed by atoms with E-state index in [1.165, 1.54) is 14.0 Å². The van der Waals surface area contributed by atoms with Gasteiger partial charge in [0.05, 0.1) is 13.2 Å². The van der Waals surface area contributed by atoms with Crippen molar-refractivity contribution in [1.29, 1.82) is 0 Å². The van der Waals surface area contributed by atoms with Gasteiger partial charge in [0.15, 0.2) is 0 Å². The van der Waals surface area contributed by atoms with Gasteiger partial charge in [-0.1, -0.05) is 12.1 Å². The maximum atomic E-state index is 12.0. The second kappa shape index (κ2) is 5.07. The Morgan fingerprint density at radius 2 is 1.82 bits per heavy atom. The van der Waals surface area contributed by atoms with Crippen LogP contribution in [0, 0.1) is 0 Å². The van der Waals surface area contributed by atoms with E-state index >= 15 is 0 Å². The summed E-state index contributed by atoms with van der Waals surface area (Å²) in [5.41, 5.74) is 0.573. The fourth-order valence-corrected chi connectivity index (χ4v) is 1.25. The normalized spacial score (nSPS) is 13.0. The first kappa shape index (κ1) is 13.3. The second-order valence-electron chi connectivity index (χ2n) is 3.47. The summed E-state index contributed by atoms with van der Waals surface area (Å²) in [5.74, 6) is -1.34. The number of rotatable bonds is 3. The van der Waals surface area contributed by atoms with Crippen LogP contribution in [0.1, 0.15) is 18.5 Å². The van der Waals surface area contributed by atoms with Crippen molar-refractivity contribution in [3.63, 3.8) is 0 Å². The Morgan fingerprint density at radius 3 is 2.24 bits per heavy atom. The fraction of sp³-hybridized carbons (Fsp3) is 0.364. The number of carbonyl (C=O) groups is 1. The molecule has 0 heterocycles. The topological polar surface area (TPSA) is 38.3 Å². The number of hydrogen-bond donors (Lipinski definition) is 1. The van der Waals surface area contributed by atoms with E-state index in [-0.39, 0.29) is 0 Å². The average Bonchev–Trinajstić information content (AvgIpc) is 2.27. The minimum atomic E-state index is -4.86. The van der Waals surface area contributed by atoms with E-state index in [2.05, 4.69) is 0 Å². The maximum absolute atomic E-state index is 12.0. The third kappa shape index (κ3) is 3.65. The maximum Gasteiger partial charge on any atom is 0.471 e. The molecule has 0 aliphatic carbocycles. The predicted molar refractivity (Wildman–Crippen MR) is 55.6 cm³/mol. The molecule has 0 unspecified atom stereocenters. The number of nitrogens with one attached hydrogen (secondary N) is 1. The smallest absolute Gasteiger partial charge is 0.471 e. The lowest BCUT2D eigenvalue weighted by atomic mass is 10.1. The molecular formula is C11H12F3NO2. The second-order valence-corrected chi connectivity index (χ2v) is 3.47. The standard InChI is InChI=1S/C11H12F3NO2/c1-7(15-10(16)11(12,13)14)8-3-5-9(17-2)6-4-8/h3-7H,1-2H3,(H,15,16)/t7-/m0/s1. The van der Waals surface area contributed by atoms with Crippen LogP contribution >= 0.6 is 0 Å². The van der Waals surface area contributed by atoms with Gasteiger partial charge in [-0.15, -0.1) is 0 Å². The molecule has 6 heteroatoms. The van der Waals surface area contributed by atoms with Gasteiger partial charge in [-0.3, -0.25) is 4.79 Å². The molecule has 3 nitrogen and oxygen atoms in total. The lowest BCUT2D eigenvalue weighted by Gasteiger charge is -2.15. The molecule has 1 rings (SSSR count). The number of ether oxygens (including phenoxy) is 1. The van der Waals surface area contributed by atoms with Gasteiger partial charge >= 0.3 is 12.1 Å². The third-order valence-electron chi connectivity index (χ3n) is 2.22.